The van der Waals surface area contributed by atoms with Gasteiger partial charge in [-0.05, 0) is 25.8 Å². The van der Waals surface area contributed by atoms with Crippen molar-refractivity contribution >= 4 is 28.5 Å². The highest BCUT2D eigenvalue weighted by Crippen LogP contribution is 2.31. The number of nitrogens with one attached hydrogen (secondary N) is 1. The van der Waals surface area contributed by atoms with Crippen molar-refractivity contribution in [2.45, 2.75) is 32.3 Å². The van der Waals surface area contributed by atoms with Gasteiger partial charge in [0.15, 0.2) is 11.3 Å². The van der Waals surface area contributed by atoms with Crippen LogP contribution in [-0.2, 0) is 0 Å². The van der Waals surface area contributed by atoms with Crippen molar-refractivity contribution in [2.75, 3.05) is 6.54 Å². The maximum Gasteiger partial charge on any atom is 0.287 e. The molecule has 0 spiro atoms. The molecule has 1 aliphatic rings. The number of aliphatic hydroxyl groups is 1. The third kappa shape index (κ3) is 2.65. The number of hydrogen-bond acceptors (Lipinski definition) is 3. The second-order valence-electron chi connectivity index (χ2n) is 5.64. The number of halogens is 1. The Morgan fingerprint density at radius 2 is 2.29 bits per heavy atom. The van der Waals surface area contributed by atoms with Gasteiger partial charge in [0.2, 0.25) is 0 Å². The summed E-state index contributed by atoms with van der Waals surface area (Å²) in [6.45, 7) is 2.33. The van der Waals surface area contributed by atoms with Crippen LogP contribution in [0, 0.1) is 12.8 Å². The molecule has 1 aromatic carbocycles. The van der Waals surface area contributed by atoms with E-state index < -0.39 is 0 Å². The molecular weight excluding hydrogens is 290 g/mol. The monoisotopic (exact) mass is 307 g/mol. The van der Waals surface area contributed by atoms with E-state index in [1.54, 1.807) is 6.07 Å². The van der Waals surface area contributed by atoms with Gasteiger partial charge in [0, 0.05) is 23.4 Å². The fourth-order valence-corrected chi connectivity index (χ4v) is 3.20. The second-order valence-corrected chi connectivity index (χ2v) is 6.05. The van der Waals surface area contributed by atoms with Crippen molar-refractivity contribution in [1.82, 2.24) is 5.32 Å². The van der Waals surface area contributed by atoms with E-state index in [-0.39, 0.29) is 17.9 Å². The van der Waals surface area contributed by atoms with Gasteiger partial charge in [-0.15, -0.1) is 0 Å². The molecule has 1 heterocycles. The van der Waals surface area contributed by atoms with Crippen molar-refractivity contribution in [2.24, 2.45) is 5.92 Å². The van der Waals surface area contributed by atoms with Gasteiger partial charge in [-0.3, -0.25) is 4.79 Å². The summed E-state index contributed by atoms with van der Waals surface area (Å²) < 4.78 is 5.63. The molecule has 1 aromatic heterocycles. The number of para-hydroxylation sites is 1. The quantitative estimate of drug-likeness (QED) is 0.914. The standard InChI is InChI=1S/C16H18ClNO3/c1-9-11-5-3-6-12(17)15(11)21-14(9)16(20)18-8-10-4-2-7-13(10)19/h3,5-6,10,13,19H,2,4,7-8H2,1H3,(H,18,20). The SMILES string of the molecule is Cc1c(C(=O)NCC2CCCC2O)oc2c(Cl)cccc12. The molecule has 3 rings (SSSR count). The molecule has 2 atom stereocenters. The molecule has 4 nitrogen and oxygen atoms in total. The van der Waals surface area contributed by atoms with E-state index >= 15 is 0 Å². The molecule has 0 radical (unpaired) electrons. The van der Waals surface area contributed by atoms with Crippen molar-refractivity contribution in [3.05, 3.63) is 34.5 Å². The minimum Gasteiger partial charge on any atom is -0.449 e. The third-order valence-corrected chi connectivity index (χ3v) is 4.56. The van der Waals surface area contributed by atoms with Crippen LogP contribution in [-0.4, -0.2) is 23.7 Å². The zero-order chi connectivity index (χ0) is 15.0. The molecule has 1 fully saturated rings. The fraction of sp³-hybridized carbons (Fsp3) is 0.438. The van der Waals surface area contributed by atoms with E-state index in [1.807, 2.05) is 19.1 Å². The normalized spacial score (nSPS) is 21.9. The average molecular weight is 308 g/mol. The lowest BCUT2D eigenvalue weighted by Crippen LogP contribution is -2.32. The number of furan rings is 1. The van der Waals surface area contributed by atoms with Gasteiger partial charge >= 0.3 is 0 Å². The number of aryl methyl sites for hydroxylation is 1. The van der Waals surface area contributed by atoms with Crippen LogP contribution in [0.4, 0.5) is 0 Å². The first-order valence-corrected chi connectivity index (χ1v) is 7.59. The van der Waals surface area contributed by atoms with Crippen LogP contribution < -0.4 is 5.32 Å². The summed E-state index contributed by atoms with van der Waals surface area (Å²) in [7, 11) is 0. The number of amides is 1. The third-order valence-electron chi connectivity index (χ3n) is 4.27. The Morgan fingerprint density at radius 3 is 2.95 bits per heavy atom. The second kappa shape index (κ2) is 5.70. The lowest BCUT2D eigenvalue weighted by Gasteiger charge is -2.14. The van der Waals surface area contributed by atoms with Gasteiger partial charge < -0.3 is 14.8 Å². The summed E-state index contributed by atoms with van der Waals surface area (Å²) in [4.78, 5) is 12.3. The zero-order valence-corrected chi connectivity index (χ0v) is 12.6. The Balaban J connectivity index is 1.78. The number of carbonyl (C=O) groups excluding carboxylic acids is 1. The number of carbonyl (C=O) groups is 1. The van der Waals surface area contributed by atoms with E-state index in [0.717, 1.165) is 30.2 Å². The molecule has 5 heteroatoms. The van der Waals surface area contributed by atoms with Crippen LogP contribution in [0.3, 0.4) is 0 Å². The van der Waals surface area contributed by atoms with E-state index in [2.05, 4.69) is 5.32 Å². The number of fused-ring (bicyclic) bond motifs is 1. The number of aliphatic hydroxyl groups excluding tert-OH is 1. The van der Waals surface area contributed by atoms with Crippen LogP contribution in [0.2, 0.25) is 5.02 Å². The number of benzene rings is 1. The molecular formula is C16H18ClNO3. The molecule has 2 unspecified atom stereocenters. The number of hydrogen-bond donors (Lipinski definition) is 2. The van der Waals surface area contributed by atoms with Gasteiger partial charge in [0.25, 0.3) is 5.91 Å². The van der Waals surface area contributed by atoms with Gasteiger partial charge in [-0.1, -0.05) is 30.2 Å². The Kier molecular flexibility index (Phi) is 3.91. The largest absolute Gasteiger partial charge is 0.449 e. The van der Waals surface area contributed by atoms with Crippen LogP contribution >= 0.6 is 11.6 Å². The summed E-state index contributed by atoms with van der Waals surface area (Å²) >= 11 is 6.09. The van der Waals surface area contributed by atoms with E-state index in [1.165, 1.54) is 0 Å². The van der Waals surface area contributed by atoms with Crippen molar-refractivity contribution < 1.29 is 14.3 Å². The van der Waals surface area contributed by atoms with Crippen LogP contribution in [0.1, 0.15) is 35.4 Å². The predicted molar refractivity (Wildman–Crippen MR) is 81.6 cm³/mol. The van der Waals surface area contributed by atoms with Gasteiger partial charge in [-0.25, -0.2) is 0 Å². The lowest BCUT2D eigenvalue weighted by atomic mass is 10.1. The topological polar surface area (TPSA) is 62.5 Å². The molecule has 0 bridgehead atoms. The Hall–Kier alpha value is -1.52. The Labute approximate surface area is 128 Å². The minimum atomic E-state index is -0.309. The van der Waals surface area contributed by atoms with Crippen molar-refractivity contribution in [3.8, 4) is 0 Å². The molecule has 0 saturated heterocycles. The Morgan fingerprint density at radius 1 is 1.48 bits per heavy atom. The van der Waals surface area contributed by atoms with Gasteiger partial charge in [0.05, 0.1) is 11.1 Å². The Bertz CT molecular complexity index is 679. The maximum absolute atomic E-state index is 12.3. The van der Waals surface area contributed by atoms with Gasteiger partial charge in [-0.2, -0.15) is 0 Å². The fourth-order valence-electron chi connectivity index (χ4n) is 2.98. The van der Waals surface area contributed by atoms with Crippen LogP contribution in [0.25, 0.3) is 11.0 Å². The summed E-state index contributed by atoms with van der Waals surface area (Å²) in [6.07, 6.45) is 2.48. The molecule has 1 amide bonds. The minimum absolute atomic E-state index is 0.141. The van der Waals surface area contributed by atoms with Crippen molar-refractivity contribution in [1.29, 1.82) is 0 Å². The smallest absolute Gasteiger partial charge is 0.287 e. The lowest BCUT2D eigenvalue weighted by molar-refractivity contribution is 0.0891. The first-order valence-electron chi connectivity index (χ1n) is 7.22. The van der Waals surface area contributed by atoms with E-state index in [0.29, 0.717) is 22.9 Å². The van der Waals surface area contributed by atoms with Crippen molar-refractivity contribution in [3.63, 3.8) is 0 Å². The molecule has 0 aliphatic heterocycles. The first-order chi connectivity index (χ1) is 10.1. The highest BCUT2D eigenvalue weighted by molar-refractivity contribution is 6.35. The summed E-state index contributed by atoms with van der Waals surface area (Å²) in [5.41, 5.74) is 1.33. The zero-order valence-electron chi connectivity index (χ0n) is 11.9. The summed E-state index contributed by atoms with van der Waals surface area (Å²) in [5.74, 6) is 0.187. The highest BCUT2D eigenvalue weighted by Gasteiger charge is 2.26. The molecule has 1 aliphatic carbocycles. The van der Waals surface area contributed by atoms with E-state index in [9.17, 15) is 9.90 Å². The van der Waals surface area contributed by atoms with E-state index in [4.69, 9.17) is 16.0 Å². The van der Waals surface area contributed by atoms with Gasteiger partial charge in [0.1, 0.15) is 0 Å². The number of rotatable bonds is 3. The predicted octanol–water partition coefficient (Wildman–Crippen LogP) is 3.29. The van der Waals surface area contributed by atoms with Crippen LogP contribution in [0.5, 0.6) is 0 Å². The summed E-state index contributed by atoms with van der Waals surface area (Å²) in [6, 6.07) is 5.46. The molecule has 112 valence electrons. The molecule has 2 aromatic rings. The average Bonchev–Trinajstić information content (AvgIpc) is 3.02. The molecule has 21 heavy (non-hydrogen) atoms. The maximum atomic E-state index is 12.3. The summed E-state index contributed by atoms with van der Waals surface area (Å²) in [5, 5.41) is 14.0. The highest BCUT2D eigenvalue weighted by atomic mass is 35.5. The molecule has 2 N–H and O–H groups in total. The molecule has 1 saturated carbocycles. The first kappa shape index (κ1) is 14.4. The van der Waals surface area contributed by atoms with Crippen LogP contribution in [0.15, 0.2) is 22.6 Å².